The van der Waals surface area contributed by atoms with Gasteiger partial charge in [-0.2, -0.15) is 0 Å². The average Bonchev–Trinajstić information content (AvgIpc) is 3.41. The molecular formula is C24H33N3O3. The number of hydrogen-bond acceptors (Lipinski definition) is 6. The van der Waals surface area contributed by atoms with Crippen LogP contribution in [-0.2, 0) is 12.8 Å². The zero-order chi connectivity index (χ0) is 20.5. The molecule has 2 heterocycles. The lowest BCUT2D eigenvalue weighted by Gasteiger charge is -2.33. The first kappa shape index (κ1) is 19.9. The maximum absolute atomic E-state index is 9.63. The van der Waals surface area contributed by atoms with E-state index >= 15 is 0 Å². The van der Waals surface area contributed by atoms with Gasteiger partial charge in [-0.25, -0.2) is 4.98 Å². The summed E-state index contributed by atoms with van der Waals surface area (Å²) in [6, 6.07) is 4.48. The quantitative estimate of drug-likeness (QED) is 0.648. The highest BCUT2D eigenvalue weighted by Crippen LogP contribution is 2.40. The fourth-order valence-electron chi connectivity index (χ4n) is 5.14. The van der Waals surface area contributed by atoms with Crippen molar-refractivity contribution in [2.24, 2.45) is 0 Å². The highest BCUT2D eigenvalue weighted by Gasteiger charge is 2.29. The normalized spacial score (nSPS) is 23.4. The number of anilines is 1. The molecule has 5 rings (SSSR count). The lowest BCUT2D eigenvalue weighted by atomic mass is 9.89. The summed E-state index contributed by atoms with van der Waals surface area (Å²) in [5.74, 6) is 2.57. The molecule has 0 spiro atoms. The van der Waals surface area contributed by atoms with Crippen molar-refractivity contribution in [1.82, 2.24) is 9.88 Å². The predicted octanol–water partition coefficient (Wildman–Crippen LogP) is 3.53. The van der Waals surface area contributed by atoms with Gasteiger partial charge >= 0.3 is 0 Å². The fourth-order valence-corrected chi connectivity index (χ4v) is 5.14. The van der Waals surface area contributed by atoms with Gasteiger partial charge in [-0.1, -0.05) is 0 Å². The number of aliphatic hydroxyl groups excluding tert-OH is 1. The molecule has 0 unspecified atom stereocenters. The summed E-state index contributed by atoms with van der Waals surface area (Å²) in [5, 5.41) is 14.4. The Bertz CT molecular complexity index is 904. The van der Waals surface area contributed by atoms with Crippen LogP contribution in [0.25, 0.3) is 10.9 Å². The van der Waals surface area contributed by atoms with Crippen LogP contribution in [0.1, 0.15) is 49.7 Å². The van der Waals surface area contributed by atoms with Crippen LogP contribution in [0.5, 0.6) is 11.5 Å². The Morgan fingerprint density at radius 1 is 1.10 bits per heavy atom. The molecule has 6 nitrogen and oxygen atoms in total. The zero-order valence-corrected chi connectivity index (χ0v) is 18.0. The molecule has 2 fully saturated rings. The van der Waals surface area contributed by atoms with Gasteiger partial charge in [0.05, 0.1) is 25.3 Å². The summed E-state index contributed by atoms with van der Waals surface area (Å²) in [4.78, 5) is 7.50. The van der Waals surface area contributed by atoms with Crippen LogP contribution in [0.15, 0.2) is 12.1 Å². The third kappa shape index (κ3) is 3.95. The summed E-state index contributed by atoms with van der Waals surface area (Å²) in [6.45, 7) is 4.24. The maximum Gasteiger partial charge on any atom is 0.163 e. The molecule has 30 heavy (non-hydrogen) atoms. The van der Waals surface area contributed by atoms with Crippen molar-refractivity contribution in [3.05, 3.63) is 23.3 Å². The van der Waals surface area contributed by atoms with E-state index in [1.807, 2.05) is 6.07 Å². The Hall–Kier alpha value is -2.05. The lowest BCUT2D eigenvalue weighted by Crippen LogP contribution is -2.39. The molecule has 0 atom stereocenters. The number of nitrogens with zero attached hydrogens (tertiary/aromatic N) is 2. The van der Waals surface area contributed by atoms with Crippen molar-refractivity contribution in [3.8, 4) is 11.5 Å². The highest BCUT2D eigenvalue weighted by atomic mass is 16.5. The largest absolute Gasteiger partial charge is 0.493 e. The number of likely N-dealkylation sites (tertiary alicyclic amines) is 1. The number of aromatic nitrogens is 1. The molecule has 2 aromatic rings. The number of pyridine rings is 1. The summed E-state index contributed by atoms with van der Waals surface area (Å²) in [5.41, 5.74) is 3.69. The minimum absolute atomic E-state index is 0.166. The van der Waals surface area contributed by atoms with Gasteiger partial charge in [0.2, 0.25) is 0 Å². The molecular weight excluding hydrogens is 378 g/mol. The number of hydrogen-bond donors (Lipinski definition) is 2. The van der Waals surface area contributed by atoms with Crippen molar-refractivity contribution in [1.29, 1.82) is 0 Å². The number of aliphatic hydroxyl groups is 1. The molecule has 162 valence electrons. The number of aryl methyl sites for hydroxylation is 1. The summed E-state index contributed by atoms with van der Waals surface area (Å²) < 4.78 is 11.8. The Balaban J connectivity index is 1.37. The second kappa shape index (κ2) is 8.60. The number of fused-ring (bicyclic) bond motifs is 3. The minimum atomic E-state index is -0.166. The van der Waals surface area contributed by atoms with E-state index in [0.717, 1.165) is 67.9 Å². The summed E-state index contributed by atoms with van der Waals surface area (Å²) in [6.07, 6.45) is 8.43. The number of methoxy groups -OCH3 is 1. The van der Waals surface area contributed by atoms with Gasteiger partial charge in [-0.3, -0.25) is 0 Å². The van der Waals surface area contributed by atoms with Gasteiger partial charge in [0.25, 0.3) is 0 Å². The summed E-state index contributed by atoms with van der Waals surface area (Å²) in [7, 11) is 1.71. The molecule has 1 aromatic carbocycles. The highest BCUT2D eigenvalue weighted by molar-refractivity contribution is 5.89. The van der Waals surface area contributed by atoms with Gasteiger partial charge in [0.15, 0.2) is 11.5 Å². The monoisotopic (exact) mass is 411 g/mol. The number of ether oxygens (including phenoxy) is 2. The standard InChI is InChI=1S/C24H33N3O3/c1-29-22-14-20-18-6-4-7-19(18)24(25-16-12-17(28)13-16)26-21(20)15-23(22)30-11-5-10-27-8-2-3-9-27/h14-17,28H,2-13H2,1H3,(H,25,26). The molecule has 1 aliphatic heterocycles. The van der Waals surface area contributed by atoms with Crippen LogP contribution in [0, 0.1) is 0 Å². The van der Waals surface area contributed by atoms with E-state index in [-0.39, 0.29) is 6.10 Å². The van der Waals surface area contributed by atoms with Crippen molar-refractivity contribution in [2.45, 2.75) is 63.5 Å². The van der Waals surface area contributed by atoms with Gasteiger partial charge < -0.3 is 24.8 Å². The summed E-state index contributed by atoms with van der Waals surface area (Å²) >= 11 is 0. The van der Waals surface area contributed by atoms with Crippen molar-refractivity contribution in [2.75, 3.05) is 38.7 Å². The van der Waals surface area contributed by atoms with E-state index in [1.165, 1.54) is 42.4 Å². The topological polar surface area (TPSA) is 66.8 Å². The van der Waals surface area contributed by atoms with Crippen LogP contribution in [0.2, 0.25) is 0 Å². The van der Waals surface area contributed by atoms with Crippen molar-refractivity contribution in [3.63, 3.8) is 0 Å². The molecule has 1 aromatic heterocycles. The molecule has 0 amide bonds. The van der Waals surface area contributed by atoms with Crippen molar-refractivity contribution >= 4 is 16.7 Å². The van der Waals surface area contributed by atoms with E-state index in [4.69, 9.17) is 14.5 Å². The SMILES string of the molecule is COc1cc2c3c(c(NC4CC(O)C4)nc2cc1OCCCN1CCCC1)CCC3. The molecule has 0 bridgehead atoms. The van der Waals surface area contributed by atoms with Crippen molar-refractivity contribution < 1.29 is 14.6 Å². The molecule has 6 heteroatoms. The van der Waals surface area contributed by atoms with Gasteiger partial charge in [0, 0.05) is 24.0 Å². The first-order valence-electron chi connectivity index (χ1n) is 11.5. The molecule has 2 N–H and O–H groups in total. The Morgan fingerprint density at radius 2 is 1.90 bits per heavy atom. The maximum atomic E-state index is 9.63. The Morgan fingerprint density at radius 3 is 2.67 bits per heavy atom. The number of benzene rings is 1. The number of rotatable bonds is 8. The molecule has 2 aliphatic carbocycles. The predicted molar refractivity (Wildman–Crippen MR) is 119 cm³/mol. The third-order valence-corrected chi connectivity index (χ3v) is 6.87. The van der Waals surface area contributed by atoms with Crippen LogP contribution in [0.4, 0.5) is 5.82 Å². The minimum Gasteiger partial charge on any atom is -0.493 e. The molecule has 0 radical (unpaired) electrons. The van der Waals surface area contributed by atoms with Crippen LogP contribution in [-0.4, -0.2) is 60.5 Å². The average molecular weight is 412 g/mol. The van der Waals surface area contributed by atoms with Crippen LogP contribution in [0.3, 0.4) is 0 Å². The van der Waals surface area contributed by atoms with E-state index in [1.54, 1.807) is 7.11 Å². The third-order valence-electron chi connectivity index (χ3n) is 6.87. The first-order chi connectivity index (χ1) is 14.7. The van der Waals surface area contributed by atoms with Gasteiger partial charge in [0.1, 0.15) is 5.82 Å². The Labute approximate surface area is 178 Å². The lowest BCUT2D eigenvalue weighted by molar-refractivity contribution is 0.0835. The van der Waals surface area contributed by atoms with E-state index in [0.29, 0.717) is 12.6 Å². The smallest absolute Gasteiger partial charge is 0.163 e. The van der Waals surface area contributed by atoms with Gasteiger partial charge in [-0.05, 0) is 81.6 Å². The van der Waals surface area contributed by atoms with Crippen LogP contribution >= 0.6 is 0 Å². The van der Waals surface area contributed by atoms with E-state index in [2.05, 4.69) is 16.3 Å². The molecule has 1 saturated heterocycles. The number of nitrogens with one attached hydrogen (secondary N) is 1. The second-order valence-corrected chi connectivity index (χ2v) is 9.01. The van der Waals surface area contributed by atoms with E-state index in [9.17, 15) is 5.11 Å². The Kier molecular flexibility index (Phi) is 5.70. The van der Waals surface area contributed by atoms with E-state index < -0.39 is 0 Å². The van der Waals surface area contributed by atoms with Crippen LogP contribution < -0.4 is 14.8 Å². The molecule has 3 aliphatic rings. The molecule has 1 saturated carbocycles. The second-order valence-electron chi connectivity index (χ2n) is 9.01. The first-order valence-corrected chi connectivity index (χ1v) is 11.5. The fraction of sp³-hybridized carbons (Fsp3) is 0.625. The zero-order valence-electron chi connectivity index (χ0n) is 18.0. The van der Waals surface area contributed by atoms with Gasteiger partial charge in [-0.15, -0.1) is 0 Å².